The second-order valence-corrected chi connectivity index (χ2v) is 5.08. The van der Waals surface area contributed by atoms with Crippen LogP contribution in [0.15, 0.2) is 42.5 Å². The van der Waals surface area contributed by atoms with Crippen molar-refractivity contribution in [1.29, 1.82) is 0 Å². The Balaban J connectivity index is 2.48. The summed E-state index contributed by atoms with van der Waals surface area (Å²) in [5, 5.41) is 0. The van der Waals surface area contributed by atoms with E-state index in [9.17, 15) is 4.79 Å². The van der Waals surface area contributed by atoms with Gasteiger partial charge in [0.2, 0.25) is 0 Å². The van der Waals surface area contributed by atoms with Crippen molar-refractivity contribution >= 4 is 11.5 Å². The van der Waals surface area contributed by atoms with E-state index in [1.807, 2.05) is 51.1 Å². The van der Waals surface area contributed by atoms with Gasteiger partial charge >= 0.3 is 0 Å². The van der Waals surface area contributed by atoms with Crippen molar-refractivity contribution in [3.8, 4) is 5.75 Å². The van der Waals surface area contributed by atoms with Gasteiger partial charge < -0.3 is 10.5 Å². The van der Waals surface area contributed by atoms with Gasteiger partial charge in [-0.1, -0.05) is 23.8 Å². The Morgan fingerprint density at radius 3 is 2.45 bits per heavy atom. The van der Waals surface area contributed by atoms with Crippen LogP contribution in [0.5, 0.6) is 5.75 Å². The van der Waals surface area contributed by atoms with Gasteiger partial charge in [0.1, 0.15) is 5.75 Å². The Morgan fingerprint density at radius 1 is 1.10 bits per heavy atom. The van der Waals surface area contributed by atoms with Crippen molar-refractivity contribution in [1.82, 2.24) is 0 Å². The monoisotopic (exact) mass is 269 g/mol. The van der Waals surface area contributed by atoms with Crippen LogP contribution >= 0.6 is 0 Å². The van der Waals surface area contributed by atoms with E-state index in [1.165, 1.54) is 0 Å². The third-order valence-electron chi connectivity index (χ3n) is 2.95. The van der Waals surface area contributed by atoms with Gasteiger partial charge in [-0.25, -0.2) is 0 Å². The number of aryl methyl sites for hydroxylation is 1. The molecule has 3 nitrogen and oxygen atoms in total. The van der Waals surface area contributed by atoms with E-state index in [1.54, 1.807) is 12.1 Å². The molecule has 2 rings (SSSR count). The zero-order chi connectivity index (χ0) is 14.7. The highest BCUT2D eigenvalue weighted by Gasteiger charge is 2.17. The molecule has 0 radical (unpaired) electrons. The molecule has 0 bridgehead atoms. The largest absolute Gasteiger partial charge is 0.490 e. The first-order valence-electron chi connectivity index (χ1n) is 6.65. The zero-order valence-corrected chi connectivity index (χ0v) is 12.0. The van der Waals surface area contributed by atoms with Gasteiger partial charge in [-0.2, -0.15) is 0 Å². The second-order valence-electron chi connectivity index (χ2n) is 5.08. The molecule has 0 unspecified atom stereocenters. The van der Waals surface area contributed by atoms with Crippen LogP contribution in [0.2, 0.25) is 0 Å². The number of carbonyl (C=O) groups is 1. The van der Waals surface area contributed by atoms with Crippen LogP contribution in [0.4, 0.5) is 5.69 Å². The van der Waals surface area contributed by atoms with E-state index in [4.69, 9.17) is 10.5 Å². The lowest BCUT2D eigenvalue weighted by Gasteiger charge is -2.15. The minimum absolute atomic E-state index is 0.0115. The molecule has 0 amide bonds. The second kappa shape index (κ2) is 5.78. The number of hydrogen-bond acceptors (Lipinski definition) is 3. The summed E-state index contributed by atoms with van der Waals surface area (Å²) in [7, 11) is 0. The molecule has 20 heavy (non-hydrogen) atoms. The molecule has 0 fully saturated rings. The van der Waals surface area contributed by atoms with E-state index in [2.05, 4.69) is 0 Å². The summed E-state index contributed by atoms with van der Waals surface area (Å²) in [4.78, 5) is 12.7. The number of ether oxygens (including phenoxy) is 1. The molecule has 3 heteroatoms. The standard InChI is InChI=1S/C17H19NO2/c1-11(2)20-16-9-8-12(3)10-14(16)17(19)13-6-4-5-7-15(13)18/h4-11H,18H2,1-3H3. The molecule has 0 aliphatic rings. The highest BCUT2D eigenvalue weighted by Crippen LogP contribution is 2.26. The van der Waals surface area contributed by atoms with E-state index >= 15 is 0 Å². The third-order valence-corrected chi connectivity index (χ3v) is 2.95. The fraction of sp³-hybridized carbons (Fsp3) is 0.235. The predicted octanol–water partition coefficient (Wildman–Crippen LogP) is 3.60. The van der Waals surface area contributed by atoms with Crippen LogP contribution in [-0.2, 0) is 0 Å². The maximum atomic E-state index is 12.7. The third kappa shape index (κ3) is 2.99. The molecule has 2 N–H and O–H groups in total. The first kappa shape index (κ1) is 14.1. The van der Waals surface area contributed by atoms with Gasteiger partial charge in [0.15, 0.2) is 5.78 Å². The summed E-state index contributed by atoms with van der Waals surface area (Å²) < 4.78 is 5.72. The van der Waals surface area contributed by atoms with E-state index in [0.29, 0.717) is 22.6 Å². The maximum Gasteiger partial charge on any atom is 0.198 e. The maximum absolute atomic E-state index is 12.7. The van der Waals surface area contributed by atoms with Crippen LogP contribution in [0, 0.1) is 6.92 Å². The van der Waals surface area contributed by atoms with E-state index < -0.39 is 0 Å². The smallest absolute Gasteiger partial charge is 0.198 e. The predicted molar refractivity (Wildman–Crippen MR) is 81.2 cm³/mol. The highest BCUT2D eigenvalue weighted by atomic mass is 16.5. The van der Waals surface area contributed by atoms with Crippen molar-refractivity contribution < 1.29 is 9.53 Å². The Labute approximate surface area is 119 Å². The Morgan fingerprint density at radius 2 is 1.80 bits per heavy atom. The number of nitrogen functional groups attached to an aromatic ring is 1. The summed E-state index contributed by atoms with van der Waals surface area (Å²) in [5.74, 6) is 0.487. The molecular formula is C17H19NO2. The van der Waals surface area contributed by atoms with Crippen LogP contribution in [-0.4, -0.2) is 11.9 Å². The van der Waals surface area contributed by atoms with Crippen LogP contribution in [0.25, 0.3) is 0 Å². The Hall–Kier alpha value is -2.29. The topological polar surface area (TPSA) is 52.3 Å². The van der Waals surface area contributed by atoms with Gasteiger partial charge in [0.25, 0.3) is 0 Å². The molecule has 0 saturated carbocycles. The quantitative estimate of drug-likeness (QED) is 0.681. The Kier molecular flexibility index (Phi) is 4.08. The van der Waals surface area contributed by atoms with E-state index in [0.717, 1.165) is 5.56 Å². The summed E-state index contributed by atoms with van der Waals surface area (Å²) in [6, 6.07) is 12.7. The van der Waals surface area contributed by atoms with Gasteiger partial charge in [0.05, 0.1) is 11.7 Å². The number of anilines is 1. The van der Waals surface area contributed by atoms with Gasteiger partial charge in [-0.15, -0.1) is 0 Å². The average molecular weight is 269 g/mol. The summed E-state index contributed by atoms with van der Waals surface area (Å²) in [6.45, 7) is 5.82. The lowest BCUT2D eigenvalue weighted by atomic mass is 9.99. The van der Waals surface area contributed by atoms with Gasteiger partial charge in [-0.05, 0) is 45.0 Å². The molecule has 0 aliphatic heterocycles. The fourth-order valence-corrected chi connectivity index (χ4v) is 2.03. The zero-order valence-electron chi connectivity index (χ0n) is 12.0. The normalized spacial score (nSPS) is 10.6. The number of ketones is 1. The van der Waals surface area contributed by atoms with Gasteiger partial charge in [-0.3, -0.25) is 4.79 Å². The molecule has 2 aromatic carbocycles. The number of benzene rings is 2. The van der Waals surface area contributed by atoms with Crippen molar-refractivity contribution in [3.05, 3.63) is 59.2 Å². The molecule has 104 valence electrons. The van der Waals surface area contributed by atoms with Crippen LogP contribution < -0.4 is 10.5 Å². The molecule has 0 aromatic heterocycles. The van der Waals surface area contributed by atoms with Crippen LogP contribution in [0.3, 0.4) is 0 Å². The van der Waals surface area contributed by atoms with Crippen LogP contribution in [0.1, 0.15) is 35.3 Å². The molecule has 0 saturated heterocycles. The highest BCUT2D eigenvalue weighted by molar-refractivity contribution is 6.13. The number of hydrogen-bond donors (Lipinski definition) is 1. The average Bonchev–Trinajstić information content (AvgIpc) is 2.40. The minimum atomic E-state index is -0.109. The summed E-state index contributed by atoms with van der Waals surface area (Å²) in [6.07, 6.45) is 0.0115. The molecule has 0 heterocycles. The number of para-hydroxylation sites is 1. The van der Waals surface area contributed by atoms with Crippen molar-refractivity contribution in [3.63, 3.8) is 0 Å². The molecule has 0 aliphatic carbocycles. The minimum Gasteiger partial charge on any atom is -0.490 e. The summed E-state index contributed by atoms with van der Waals surface area (Å²) >= 11 is 0. The summed E-state index contributed by atoms with van der Waals surface area (Å²) in [5.41, 5.74) is 8.44. The van der Waals surface area contributed by atoms with Crippen molar-refractivity contribution in [2.24, 2.45) is 0 Å². The van der Waals surface area contributed by atoms with E-state index in [-0.39, 0.29) is 11.9 Å². The number of nitrogens with two attached hydrogens (primary N) is 1. The Bertz CT molecular complexity index is 633. The van der Waals surface area contributed by atoms with Crippen molar-refractivity contribution in [2.75, 3.05) is 5.73 Å². The molecular weight excluding hydrogens is 250 g/mol. The molecule has 0 spiro atoms. The lowest BCUT2D eigenvalue weighted by molar-refractivity contribution is 0.103. The SMILES string of the molecule is Cc1ccc(OC(C)C)c(C(=O)c2ccccc2N)c1. The van der Waals surface area contributed by atoms with Gasteiger partial charge in [0, 0.05) is 11.3 Å². The fourth-order valence-electron chi connectivity index (χ4n) is 2.03. The first-order chi connectivity index (χ1) is 9.49. The van der Waals surface area contributed by atoms with Crippen molar-refractivity contribution in [2.45, 2.75) is 26.9 Å². The molecule has 2 aromatic rings. The lowest BCUT2D eigenvalue weighted by Crippen LogP contribution is -2.12. The molecule has 0 atom stereocenters. The number of rotatable bonds is 4. The first-order valence-corrected chi connectivity index (χ1v) is 6.65. The number of carbonyl (C=O) groups excluding carboxylic acids is 1.